The predicted molar refractivity (Wildman–Crippen MR) is 90.8 cm³/mol. The van der Waals surface area contributed by atoms with Gasteiger partial charge in [0.2, 0.25) is 5.91 Å². The standard InChI is InChI=1S/C16H16ClN5O/c1-2-5-22-15-11(7-20-22)14(18-8-19-15)13-10-6-9(17)3-4-12(10)21-16(13)23/h3-4,6-8,13-14,20H,2,5H2,1H3,(H,21,23). The van der Waals surface area contributed by atoms with E-state index in [1.54, 1.807) is 12.4 Å². The van der Waals surface area contributed by atoms with Gasteiger partial charge in [0.25, 0.3) is 0 Å². The van der Waals surface area contributed by atoms with Gasteiger partial charge in [-0.1, -0.05) is 18.5 Å². The van der Waals surface area contributed by atoms with Gasteiger partial charge in [0.05, 0.1) is 12.0 Å². The number of amidine groups is 1. The summed E-state index contributed by atoms with van der Waals surface area (Å²) in [6.45, 7) is 2.95. The molecule has 6 nitrogen and oxygen atoms in total. The van der Waals surface area contributed by atoms with Gasteiger partial charge in [-0.05, 0) is 30.2 Å². The van der Waals surface area contributed by atoms with Crippen LogP contribution in [0, 0.1) is 0 Å². The Morgan fingerprint density at radius 1 is 1.39 bits per heavy atom. The number of hydrogen-bond acceptors (Lipinski definition) is 5. The van der Waals surface area contributed by atoms with E-state index in [0.717, 1.165) is 35.6 Å². The number of fused-ring (bicyclic) bond motifs is 2. The molecule has 4 rings (SSSR count). The number of carbonyl (C=O) groups excluding carboxylic acids is 1. The lowest BCUT2D eigenvalue weighted by atomic mass is 9.87. The molecule has 118 valence electrons. The maximum atomic E-state index is 12.5. The molecule has 0 fully saturated rings. The Morgan fingerprint density at radius 2 is 2.26 bits per heavy atom. The third-order valence-electron chi connectivity index (χ3n) is 4.27. The third-order valence-corrected chi connectivity index (χ3v) is 4.50. The number of anilines is 1. The zero-order chi connectivity index (χ0) is 16.0. The van der Waals surface area contributed by atoms with Gasteiger partial charge in [0.1, 0.15) is 6.34 Å². The van der Waals surface area contributed by atoms with Gasteiger partial charge in [-0.15, -0.1) is 0 Å². The third kappa shape index (κ3) is 2.21. The molecule has 2 N–H and O–H groups in total. The minimum atomic E-state index is -0.389. The van der Waals surface area contributed by atoms with Gasteiger partial charge in [-0.25, -0.2) is 4.99 Å². The Labute approximate surface area is 138 Å². The number of nitrogens with zero attached hydrogens (tertiary/aromatic N) is 3. The van der Waals surface area contributed by atoms with Crippen molar-refractivity contribution in [1.82, 2.24) is 10.4 Å². The van der Waals surface area contributed by atoms with Crippen LogP contribution in [0.1, 0.15) is 24.8 Å². The number of nitrogens with one attached hydrogen (secondary N) is 2. The Kier molecular flexibility index (Phi) is 3.34. The van der Waals surface area contributed by atoms with Crippen molar-refractivity contribution in [2.24, 2.45) is 9.98 Å². The van der Waals surface area contributed by atoms with Crippen LogP contribution in [0.15, 0.2) is 40.0 Å². The van der Waals surface area contributed by atoms with Crippen molar-refractivity contribution in [2.75, 3.05) is 11.9 Å². The number of halogens is 1. The average Bonchev–Trinajstić information content (AvgIpc) is 3.08. The Morgan fingerprint density at radius 3 is 3.09 bits per heavy atom. The number of carbonyl (C=O) groups is 1. The Hall–Kier alpha value is -2.34. The lowest BCUT2D eigenvalue weighted by molar-refractivity contribution is -0.117. The second-order valence-electron chi connectivity index (χ2n) is 5.74. The summed E-state index contributed by atoms with van der Waals surface area (Å²) in [5, 5.41) is 5.52. The summed E-state index contributed by atoms with van der Waals surface area (Å²) in [5.74, 6) is 0.399. The fourth-order valence-corrected chi connectivity index (χ4v) is 3.44. The van der Waals surface area contributed by atoms with E-state index in [1.807, 2.05) is 23.3 Å². The van der Waals surface area contributed by atoms with Crippen molar-refractivity contribution in [3.8, 4) is 0 Å². The summed E-state index contributed by atoms with van der Waals surface area (Å²) < 4.78 is 0. The summed E-state index contributed by atoms with van der Waals surface area (Å²) in [5.41, 5.74) is 5.84. The molecule has 0 spiro atoms. The van der Waals surface area contributed by atoms with Crippen LogP contribution < -0.4 is 10.7 Å². The first-order valence-electron chi connectivity index (χ1n) is 7.63. The van der Waals surface area contributed by atoms with Crippen LogP contribution >= 0.6 is 11.6 Å². The van der Waals surface area contributed by atoms with Crippen molar-refractivity contribution >= 4 is 35.4 Å². The largest absolute Gasteiger partial charge is 0.325 e. The highest BCUT2D eigenvalue weighted by Gasteiger charge is 2.42. The Bertz CT molecular complexity index is 770. The van der Waals surface area contributed by atoms with Gasteiger partial charge in [0.15, 0.2) is 5.84 Å². The van der Waals surface area contributed by atoms with Crippen LogP contribution in [0.5, 0.6) is 0 Å². The van der Waals surface area contributed by atoms with Crippen LogP contribution in [-0.4, -0.2) is 35.7 Å². The lowest BCUT2D eigenvalue weighted by Crippen LogP contribution is -2.39. The summed E-state index contributed by atoms with van der Waals surface area (Å²) in [7, 11) is 0. The number of aliphatic imine (C=N–C) groups is 2. The first kappa shape index (κ1) is 14.3. The minimum Gasteiger partial charge on any atom is -0.325 e. The smallest absolute Gasteiger partial charge is 0.234 e. The predicted octanol–water partition coefficient (Wildman–Crippen LogP) is 2.30. The fourth-order valence-electron chi connectivity index (χ4n) is 3.26. The highest BCUT2D eigenvalue weighted by Crippen LogP contribution is 2.40. The molecule has 3 aliphatic heterocycles. The highest BCUT2D eigenvalue weighted by atomic mass is 35.5. The molecule has 1 aromatic carbocycles. The monoisotopic (exact) mass is 329 g/mol. The fraction of sp³-hybridized carbons (Fsp3) is 0.312. The summed E-state index contributed by atoms with van der Waals surface area (Å²) in [4.78, 5) is 21.4. The molecule has 0 saturated heterocycles. The van der Waals surface area contributed by atoms with E-state index in [-0.39, 0.29) is 17.9 Å². The number of rotatable bonds is 3. The van der Waals surface area contributed by atoms with Crippen molar-refractivity contribution in [2.45, 2.75) is 25.3 Å². The number of benzene rings is 1. The van der Waals surface area contributed by atoms with Crippen molar-refractivity contribution in [3.05, 3.63) is 40.6 Å². The van der Waals surface area contributed by atoms with Crippen LogP contribution in [0.4, 0.5) is 5.69 Å². The molecule has 1 amide bonds. The van der Waals surface area contributed by atoms with Crippen LogP contribution in [-0.2, 0) is 4.79 Å². The molecule has 7 heteroatoms. The van der Waals surface area contributed by atoms with Crippen LogP contribution in [0.25, 0.3) is 0 Å². The number of amides is 1. The summed E-state index contributed by atoms with van der Waals surface area (Å²) in [6.07, 6.45) is 4.44. The van der Waals surface area contributed by atoms with E-state index in [4.69, 9.17) is 11.6 Å². The van der Waals surface area contributed by atoms with Crippen molar-refractivity contribution in [3.63, 3.8) is 0 Å². The van der Waals surface area contributed by atoms with Crippen molar-refractivity contribution in [1.29, 1.82) is 0 Å². The molecule has 0 aliphatic carbocycles. The molecule has 3 heterocycles. The van der Waals surface area contributed by atoms with Gasteiger partial charge >= 0.3 is 0 Å². The maximum absolute atomic E-state index is 12.5. The molecule has 0 saturated carbocycles. The SMILES string of the molecule is CCCN1NC=C2C1=NC=NC2C1C(=O)Nc2ccc(Cl)cc21. The number of hydrogen-bond donors (Lipinski definition) is 2. The highest BCUT2D eigenvalue weighted by molar-refractivity contribution is 6.31. The lowest BCUT2D eigenvalue weighted by Gasteiger charge is -2.25. The van der Waals surface area contributed by atoms with E-state index in [1.165, 1.54) is 0 Å². The van der Waals surface area contributed by atoms with Gasteiger partial charge in [-0.3, -0.25) is 14.8 Å². The zero-order valence-corrected chi connectivity index (χ0v) is 13.3. The second-order valence-corrected chi connectivity index (χ2v) is 6.18. The van der Waals surface area contributed by atoms with Gasteiger partial charge in [-0.2, -0.15) is 0 Å². The molecule has 0 aromatic heterocycles. The first-order chi connectivity index (χ1) is 11.2. The van der Waals surface area contributed by atoms with Crippen LogP contribution in [0.3, 0.4) is 0 Å². The zero-order valence-electron chi connectivity index (χ0n) is 12.6. The topological polar surface area (TPSA) is 69.1 Å². The molecule has 2 unspecified atom stereocenters. The number of hydrazine groups is 1. The summed E-state index contributed by atoms with van der Waals surface area (Å²) in [6, 6.07) is 5.16. The van der Waals surface area contributed by atoms with Gasteiger partial charge < -0.3 is 10.7 Å². The quantitative estimate of drug-likeness (QED) is 0.894. The molecule has 0 bridgehead atoms. The first-order valence-corrected chi connectivity index (χ1v) is 8.00. The molecule has 2 atom stereocenters. The molecule has 23 heavy (non-hydrogen) atoms. The van der Waals surface area contributed by atoms with E-state index in [0.29, 0.717) is 5.02 Å². The van der Waals surface area contributed by atoms with E-state index in [9.17, 15) is 4.79 Å². The summed E-state index contributed by atoms with van der Waals surface area (Å²) >= 11 is 6.11. The molecular formula is C16H16ClN5O. The van der Waals surface area contributed by atoms with Gasteiger partial charge in [0, 0.05) is 29.0 Å². The minimum absolute atomic E-state index is 0.0551. The van der Waals surface area contributed by atoms with Crippen LogP contribution in [0.2, 0.25) is 5.02 Å². The van der Waals surface area contributed by atoms with Crippen molar-refractivity contribution < 1.29 is 4.79 Å². The van der Waals surface area contributed by atoms with E-state index < -0.39 is 0 Å². The molecule has 3 aliphatic rings. The van der Waals surface area contributed by atoms with E-state index >= 15 is 0 Å². The Balaban J connectivity index is 1.70. The molecule has 0 radical (unpaired) electrons. The maximum Gasteiger partial charge on any atom is 0.234 e. The molecule has 1 aromatic rings. The van der Waals surface area contributed by atoms with E-state index in [2.05, 4.69) is 27.7 Å². The second kappa shape index (κ2) is 5.38. The normalized spacial score (nSPS) is 24.6. The average molecular weight is 330 g/mol. The molecular weight excluding hydrogens is 314 g/mol.